The Kier molecular flexibility index (Phi) is 5.69. The molecular formula is C12H22N4O. The maximum absolute atomic E-state index is 5.72. The molecule has 1 atom stereocenters. The summed E-state index contributed by atoms with van der Waals surface area (Å²) < 4.78 is 5.43. The van der Waals surface area contributed by atoms with Crippen LogP contribution >= 0.6 is 0 Å². The van der Waals surface area contributed by atoms with Gasteiger partial charge in [0.05, 0.1) is 12.2 Å². The molecule has 1 aromatic rings. The Morgan fingerprint density at radius 2 is 2.18 bits per heavy atom. The molecule has 0 aliphatic carbocycles. The van der Waals surface area contributed by atoms with Crippen molar-refractivity contribution in [3.63, 3.8) is 0 Å². The topological polar surface area (TPSA) is 73.1 Å². The summed E-state index contributed by atoms with van der Waals surface area (Å²) in [6, 6.07) is 0.253. The number of anilines is 1. The third-order valence-corrected chi connectivity index (χ3v) is 2.58. The van der Waals surface area contributed by atoms with E-state index >= 15 is 0 Å². The lowest BCUT2D eigenvalue weighted by Gasteiger charge is -2.18. The van der Waals surface area contributed by atoms with E-state index in [9.17, 15) is 0 Å². The second-order valence-corrected chi connectivity index (χ2v) is 3.95. The lowest BCUT2D eigenvalue weighted by atomic mass is 10.1. The largest absolute Gasteiger partial charge is 0.478 e. The van der Waals surface area contributed by atoms with Crippen LogP contribution in [0.1, 0.15) is 32.3 Å². The predicted octanol–water partition coefficient (Wildman–Crippen LogP) is 1.72. The van der Waals surface area contributed by atoms with E-state index in [0.717, 1.165) is 24.2 Å². The van der Waals surface area contributed by atoms with Gasteiger partial charge in [0.15, 0.2) is 0 Å². The van der Waals surface area contributed by atoms with Crippen molar-refractivity contribution < 1.29 is 4.74 Å². The van der Waals surface area contributed by atoms with Gasteiger partial charge in [0.2, 0.25) is 5.88 Å². The molecule has 0 radical (unpaired) electrons. The van der Waals surface area contributed by atoms with Crippen LogP contribution in [0, 0.1) is 6.92 Å². The molecule has 0 bridgehead atoms. The summed E-state index contributed by atoms with van der Waals surface area (Å²) in [4.78, 5) is 8.34. The Balaban J connectivity index is 2.79. The lowest BCUT2D eigenvalue weighted by Crippen LogP contribution is -2.29. The molecule has 1 unspecified atom stereocenters. The highest BCUT2D eigenvalue weighted by Gasteiger charge is 2.11. The Morgan fingerprint density at radius 1 is 1.41 bits per heavy atom. The van der Waals surface area contributed by atoms with E-state index < -0.39 is 0 Å². The minimum atomic E-state index is 0.253. The minimum absolute atomic E-state index is 0.253. The molecule has 0 aliphatic heterocycles. The SMILES string of the molecule is CCCC(CN)Nc1ncnc(OCC)c1C. The molecule has 17 heavy (non-hydrogen) atoms. The number of hydrogen-bond acceptors (Lipinski definition) is 5. The third-order valence-electron chi connectivity index (χ3n) is 2.58. The number of nitrogens with two attached hydrogens (primary N) is 1. The maximum Gasteiger partial charge on any atom is 0.221 e. The van der Waals surface area contributed by atoms with E-state index in [-0.39, 0.29) is 6.04 Å². The zero-order chi connectivity index (χ0) is 12.7. The molecule has 1 rings (SSSR count). The molecule has 1 aromatic heterocycles. The van der Waals surface area contributed by atoms with Crippen molar-refractivity contribution in [2.75, 3.05) is 18.5 Å². The summed E-state index contributed by atoms with van der Waals surface area (Å²) in [6.45, 7) is 7.23. The van der Waals surface area contributed by atoms with Gasteiger partial charge in [0, 0.05) is 12.6 Å². The van der Waals surface area contributed by atoms with Gasteiger partial charge in [0.1, 0.15) is 12.1 Å². The summed E-state index contributed by atoms with van der Waals surface area (Å²) in [5.41, 5.74) is 6.65. The Labute approximate surface area is 103 Å². The molecule has 96 valence electrons. The van der Waals surface area contributed by atoms with E-state index in [1.807, 2.05) is 13.8 Å². The van der Waals surface area contributed by atoms with Gasteiger partial charge in [0.25, 0.3) is 0 Å². The predicted molar refractivity (Wildman–Crippen MR) is 69.3 cm³/mol. The van der Waals surface area contributed by atoms with Gasteiger partial charge >= 0.3 is 0 Å². The molecule has 5 heteroatoms. The number of aromatic nitrogens is 2. The van der Waals surface area contributed by atoms with Gasteiger partial charge in [-0.3, -0.25) is 0 Å². The van der Waals surface area contributed by atoms with Crippen molar-refractivity contribution in [2.24, 2.45) is 5.73 Å². The van der Waals surface area contributed by atoms with Crippen molar-refractivity contribution in [3.05, 3.63) is 11.9 Å². The lowest BCUT2D eigenvalue weighted by molar-refractivity contribution is 0.323. The van der Waals surface area contributed by atoms with E-state index in [1.54, 1.807) is 0 Å². The summed E-state index contributed by atoms with van der Waals surface area (Å²) in [5.74, 6) is 1.45. The summed E-state index contributed by atoms with van der Waals surface area (Å²) in [5, 5.41) is 3.34. The molecule has 0 amide bonds. The van der Waals surface area contributed by atoms with Crippen LogP contribution in [-0.2, 0) is 0 Å². The number of hydrogen-bond donors (Lipinski definition) is 2. The van der Waals surface area contributed by atoms with Crippen LogP contribution < -0.4 is 15.8 Å². The fourth-order valence-electron chi connectivity index (χ4n) is 1.65. The quantitative estimate of drug-likeness (QED) is 0.756. The zero-order valence-corrected chi connectivity index (χ0v) is 10.9. The number of rotatable bonds is 7. The van der Waals surface area contributed by atoms with Crippen molar-refractivity contribution in [2.45, 2.75) is 39.7 Å². The normalized spacial score (nSPS) is 12.2. The van der Waals surface area contributed by atoms with Crippen LogP contribution in [-0.4, -0.2) is 29.2 Å². The molecular weight excluding hydrogens is 216 g/mol. The second kappa shape index (κ2) is 7.06. The Hall–Kier alpha value is -1.36. The smallest absolute Gasteiger partial charge is 0.221 e. The van der Waals surface area contributed by atoms with Gasteiger partial charge in [-0.15, -0.1) is 0 Å². The molecule has 0 fully saturated rings. The minimum Gasteiger partial charge on any atom is -0.478 e. The first-order valence-corrected chi connectivity index (χ1v) is 6.13. The van der Waals surface area contributed by atoms with Crippen molar-refractivity contribution in [1.29, 1.82) is 0 Å². The van der Waals surface area contributed by atoms with E-state index in [2.05, 4.69) is 22.2 Å². The molecule has 5 nitrogen and oxygen atoms in total. The number of ether oxygens (including phenoxy) is 1. The monoisotopic (exact) mass is 238 g/mol. The molecule has 3 N–H and O–H groups in total. The molecule has 0 saturated heterocycles. The van der Waals surface area contributed by atoms with Crippen LogP contribution in [0.3, 0.4) is 0 Å². The van der Waals surface area contributed by atoms with Crippen molar-refractivity contribution >= 4 is 5.82 Å². The molecule has 1 heterocycles. The second-order valence-electron chi connectivity index (χ2n) is 3.95. The summed E-state index contributed by atoms with van der Waals surface area (Å²) in [6.07, 6.45) is 3.64. The summed E-state index contributed by atoms with van der Waals surface area (Å²) in [7, 11) is 0. The highest BCUT2D eigenvalue weighted by molar-refractivity contribution is 5.48. The fourth-order valence-corrected chi connectivity index (χ4v) is 1.65. The summed E-state index contributed by atoms with van der Waals surface area (Å²) >= 11 is 0. The van der Waals surface area contributed by atoms with Crippen LogP contribution in [0.2, 0.25) is 0 Å². The number of nitrogens with one attached hydrogen (secondary N) is 1. The standard InChI is InChI=1S/C12H22N4O/c1-4-6-10(7-13)16-11-9(3)12(17-5-2)15-8-14-11/h8,10H,4-7,13H2,1-3H3,(H,14,15,16). The first-order chi connectivity index (χ1) is 8.22. The molecule has 0 aromatic carbocycles. The highest BCUT2D eigenvalue weighted by atomic mass is 16.5. The zero-order valence-electron chi connectivity index (χ0n) is 10.9. The van der Waals surface area contributed by atoms with Crippen molar-refractivity contribution in [1.82, 2.24) is 9.97 Å². The van der Waals surface area contributed by atoms with Gasteiger partial charge in [-0.05, 0) is 20.3 Å². The van der Waals surface area contributed by atoms with E-state index in [0.29, 0.717) is 19.0 Å². The fraction of sp³-hybridized carbons (Fsp3) is 0.667. The van der Waals surface area contributed by atoms with Crippen molar-refractivity contribution in [3.8, 4) is 5.88 Å². The van der Waals surface area contributed by atoms with Crippen LogP contribution in [0.4, 0.5) is 5.82 Å². The van der Waals surface area contributed by atoms with Gasteiger partial charge in [-0.2, -0.15) is 0 Å². The Morgan fingerprint density at radius 3 is 2.76 bits per heavy atom. The van der Waals surface area contributed by atoms with Gasteiger partial charge in [-0.1, -0.05) is 13.3 Å². The maximum atomic E-state index is 5.72. The first-order valence-electron chi connectivity index (χ1n) is 6.13. The Bertz CT molecular complexity index is 343. The number of nitrogens with zero attached hydrogens (tertiary/aromatic N) is 2. The van der Waals surface area contributed by atoms with Gasteiger partial charge < -0.3 is 15.8 Å². The third kappa shape index (κ3) is 3.85. The average Bonchev–Trinajstić information content (AvgIpc) is 2.33. The first kappa shape index (κ1) is 13.7. The van der Waals surface area contributed by atoms with Gasteiger partial charge in [-0.25, -0.2) is 9.97 Å². The van der Waals surface area contributed by atoms with E-state index in [4.69, 9.17) is 10.5 Å². The molecule has 0 aliphatic rings. The van der Waals surface area contributed by atoms with E-state index in [1.165, 1.54) is 6.33 Å². The van der Waals surface area contributed by atoms with Crippen LogP contribution in [0.5, 0.6) is 5.88 Å². The highest BCUT2D eigenvalue weighted by Crippen LogP contribution is 2.21. The molecule has 0 saturated carbocycles. The van der Waals surface area contributed by atoms with Crippen LogP contribution in [0.15, 0.2) is 6.33 Å². The average molecular weight is 238 g/mol. The van der Waals surface area contributed by atoms with Crippen LogP contribution in [0.25, 0.3) is 0 Å². The molecule has 0 spiro atoms.